The van der Waals surface area contributed by atoms with Gasteiger partial charge in [0.05, 0.1) is 5.39 Å². The maximum atomic E-state index is 12.0. The van der Waals surface area contributed by atoms with Crippen molar-refractivity contribution < 1.29 is 23.8 Å². The lowest BCUT2D eigenvalue weighted by molar-refractivity contribution is -0.138. The molecule has 0 atom stereocenters. The molecule has 2 aromatic carbocycles. The van der Waals surface area contributed by atoms with Crippen molar-refractivity contribution in [1.29, 1.82) is 0 Å². The maximum absolute atomic E-state index is 12.0. The molecule has 7 nitrogen and oxygen atoms in total. The van der Waals surface area contributed by atoms with Gasteiger partial charge in [-0.2, -0.15) is 0 Å². The van der Waals surface area contributed by atoms with E-state index >= 15 is 0 Å². The molecule has 0 spiro atoms. The van der Waals surface area contributed by atoms with Gasteiger partial charge in [0.2, 0.25) is 0 Å². The highest BCUT2D eigenvalue weighted by Gasteiger charge is 2.08. The molecule has 0 saturated carbocycles. The molecule has 0 aliphatic heterocycles. The molecule has 1 amide bonds. The van der Waals surface area contributed by atoms with Crippen LogP contribution in [0, 0.1) is 0 Å². The Balaban J connectivity index is 1.71. The Labute approximate surface area is 147 Å². The van der Waals surface area contributed by atoms with E-state index in [1.165, 1.54) is 0 Å². The van der Waals surface area contributed by atoms with Crippen molar-refractivity contribution >= 4 is 22.6 Å². The van der Waals surface area contributed by atoms with Crippen LogP contribution in [0.5, 0.6) is 5.75 Å². The third-order valence-corrected chi connectivity index (χ3v) is 3.62. The molecule has 7 heteroatoms. The maximum Gasteiger partial charge on any atom is 0.344 e. The summed E-state index contributed by atoms with van der Waals surface area (Å²) in [6.07, 6.45) is 0. The first-order chi connectivity index (χ1) is 12.5. The van der Waals surface area contributed by atoms with Gasteiger partial charge in [-0.25, -0.2) is 4.79 Å². The summed E-state index contributed by atoms with van der Waals surface area (Å²) in [6, 6.07) is 15.6. The van der Waals surface area contributed by atoms with Gasteiger partial charge >= 0.3 is 11.6 Å². The lowest BCUT2D eigenvalue weighted by Crippen LogP contribution is -2.33. The normalized spacial score (nSPS) is 10.5. The molecule has 26 heavy (non-hydrogen) atoms. The van der Waals surface area contributed by atoms with Crippen LogP contribution in [-0.2, 0) is 9.59 Å². The van der Waals surface area contributed by atoms with E-state index in [1.54, 1.807) is 42.5 Å². The van der Waals surface area contributed by atoms with Gasteiger partial charge in [0.1, 0.15) is 18.1 Å². The van der Waals surface area contributed by atoms with Crippen LogP contribution in [0.25, 0.3) is 22.1 Å². The molecule has 0 saturated heterocycles. The van der Waals surface area contributed by atoms with Crippen LogP contribution in [0.15, 0.2) is 63.8 Å². The molecule has 1 aromatic heterocycles. The van der Waals surface area contributed by atoms with Gasteiger partial charge in [0.15, 0.2) is 6.61 Å². The molecule has 132 valence electrons. The van der Waals surface area contributed by atoms with E-state index in [0.717, 1.165) is 5.39 Å². The molecule has 1 heterocycles. The zero-order valence-electron chi connectivity index (χ0n) is 13.6. The van der Waals surface area contributed by atoms with Gasteiger partial charge in [-0.3, -0.25) is 9.59 Å². The summed E-state index contributed by atoms with van der Waals surface area (Å²) in [6.45, 7) is -0.750. The quantitative estimate of drug-likeness (QED) is 0.702. The van der Waals surface area contributed by atoms with Crippen molar-refractivity contribution in [2.45, 2.75) is 0 Å². The zero-order valence-corrected chi connectivity index (χ0v) is 13.6. The Hall–Kier alpha value is -3.61. The van der Waals surface area contributed by atoms with E-state index in [-0.39, 0.29) is 6.61 Å². The molecule has 0 bridgehead atoms. The minimum absolute atomic E-state index is 0.294. The number of rotatable bonds is 6. The van der Waals surface area contributed by atoms with E-state index in [2.05, 4.69) is 5.32 Å². The van der Waals surface area contributed by atoms with E-state index in [1.807, 2.05) is 12.1 Å². The minimum Gasteiger partial charge on any atom is -0.484 e. The average molecular weight is 353 g/mol. The fraction of sp³-hybridized carbons (Fsp3) is 0.105. The SMILES string of the molecule is O=C(O)CNC(=O)COc1ccc(-c2cc3ccccc3c(=O)o2)cc1. The lowest BCUT2D eigenvalue weighted by atomic mass is 10.1. The largest absolute Gasteiger partial charge is 0.484 e. The summed E-state index contributed by atoms with van der Waals surface area (Å²) < 4.78 is 10.6. The highest BCUT2D eigenvalue weighted by atomic mass is 16.5. The molecule has 0 radical (unpaired) electrons. The van der Waals surface area contributed by atoms with Crippen LogP contribution >= 0.6 is 0 Å². The van der Waals surface area contributed by atoms with Crippen molar-refractivity contribution in [3.8, 4) is 17.1 Å². The summed E-state index contributed by atoms with van der Waals surface area (Å²) in [5.74, 6) is -0.793. The molecule has 2 N–H and O–H groups in total. The zero-order chi connectivity index (χ0) is 18.5. The minimum atomic E-state index is -1.13. The summed E-state index contributed by atoms with van der Waals surface area (Å²) in [5, 5.41) is 12.0. The number of carbonyl (C=O) groups is 2. The summed E-state index contributed by atoms with van der Waals surface area (Å²) in [5.41, 5.74) is 0.282. The smallest absolute Gasteiger partial charge is 0.344 e. The molecule has 0 fully saturated rings. The second kappa shape index (κ2) is 7.52. The molecular formula is C19H15NO6. The molecule has 0 aliphatic carbocycles. The number of carboxylic acid groups (broad SMARTS) is 1. The third kappa shape index (κ3) is 4.07. The van der Waals surface area contributed by atoms with Crippen molar-refractivity contribution in [2.75, 3.05) is 13.2 Å². The standard InChI is InChI=1S/C19H15NO6/c21-17(20-10-18(22)23)11-25-14-7-5-12(6-8-14)16-9-13-3-1-2-4-15(13)19(24)26-16/h1-9H,10-11H2,(H,20,21)(H,22,23). The molecule has 3 rings (SSSR count). The predicted molar refractivity (Wildman–Crippen MR) is 94.1 cm³/mol. The van der Waals surface area contributed by atoms with Gasteiger partial charge in [0, 0.05) is 5.56 Å². The lowest BCUT2D eigenvalue weighted by Gasteiger charge is -2.07. The number of hydrogen-bond donors (Lipinski definition) is 2. The number of amides is 1. The van der Waals surface area contributed by atoms with E-state index in [4.69, 9.17) is 14.3 Å². The van der Waals surface area contributed by atoms with E-state index in [0.29, 0.717) is 22.5 Å². The Bertz CT molecular complexity index is 1010. The second-order valence-corrected chi connectivity index (χ2v) is 5.47. The van der Waals surface area contributed by atoms with Gasteiger partial charge < -0.3 is 19.6 Å². The molecular weight excluding hydrogens is 338 g/mol. The monoisotopic (exact) mass is 353 g/mol. The van der Waals surface area contributed by atoms with Crippen LogP contribution in [0.1, 0.15) is 0 Å². The first kappa shape index (κ1) is 17.2. The summed E-state index contributed by atoms with van der Waals surface area (Å²) in [4.78, 5) is 33.8. The average Bonchev–Trinajstić information content (AvgIpc) is 2.65. The number of fused-ring (bicyclic) bond motifs is 1. The summed E-state index contributed by atoms with van der Waals surface area (Å²) >= 11 is 0. The van der Waals surface area contributed by atoms with Gasteiger partial charge in [-0.05, 0) is 41.8 Å². The van der Waals surface area contributed by atoms with Crippen LogP contribution < -0.4 is 15.7 Å². The van der Waals surface area contributed by atoms with E-state index in [9.17, 15) is 14.4 Å². The van der Waals surface area contributed by atoms with Gasteiger partial charge in [0.25, 0.3) is 5.91 Å². The molecule has 3 aromatic rings. The van der Waals surface area contributed by atoms with Gasteiger partial charge in [-0.15, -0.1) is 0 Å². The van der Waals surface area contributed by atoms with Gasteiger partial charge in [-0.1, -0.05) is 18.2 Å². The highest BCUT2D eigenvalue weighted by molar-refractivity contribution is 5.84. The van der Waals surface area contributed by atoms with Crippen LogP contribution in [-0.4, -0.2) is 30.1 Å². The van der Waals surface area contributed by atoms with Crippen molar-refractivity contribution in [1.82, 2.24) is 5.32 Å². The topological polar surface area (TPSA) is 106 Å². The Morgan fingerprint density at radius 2 is 1.81 bits per heavy atom. The fourth-order valence-corrected chi connectivity index (χ4v) is 2.37. The molecule has 0 aliphatic rings. The third-order valence-electron chi connectivity index (χ3n) is 3.62. The van der Waals surface area contributed by atoms with Crippen LogP contribution in [0.4, 0.5) is 0 Å². The number of nitrogens with one attached hydrogen (secondary N) is 1. The number of aliphatic carboxylic acids is 1. The van der Waals surface area contributed by atoms with Crippen molar-refractivity contribution in [3.63, 3.8) is 0 Å². The Morgan fingerprint density at radius 1 is 1.08 bits per heavy atom. The predicted octanol–water partition coefficient (Wildman–Crippen LogP) is 2.04. The van der Waals surface area contributed by atoms with Crippen LogP contribution in [0.2, 0.25) is 0 Å². The fourth-order valence-electron chi connectivity index (χ4n) is 2.37. The second-order valence-electron chi connectivity index (χ2n) is 5.47. The number of carboxylic acids is 1. The Kier molecular flexibility index (Phi) is 4.98. The Morgan fingerprint density at radius 3 is 2.54 bits per heavy atom. The summed E-state index contributed by atoms with van der Waals surface area (Å²) in [7, 11) is 0. The number of hydrogen-bond acceptors (Lipinski definition) is 5. The highest BCUT2D eigenvalue weighted by Crippen LogP contribution is 2.24. The van der Waals surface area contributed by atoms with Crippen molar-refractivity contribution in [2.24, 2.45) is 0 Å². The molecule has 0 unspecified atom stereocenters. The van der Waals surface area contributed by atoms with E-state index < -0.39 is 24.0 Å². The first-order valence-corrected chi connectivity index (χ1v) is 7.77. The number of benzene rings is 2. The first-order valence-electron chi connectivity index (χ1n) is 7.77. The van der Waals surface area contributed by atoms with Crippen molar-refractivity contribution in [3.05, 3.63) is 65.0 Å². The van der Waals surface area contributed by atoms with Crippen LogP contribution in [0.3, 0.4) is 0 Å². The number of ether oxygens (including phenoxy) is 1. The number of carbonyl (C=O) groups excluding carboxylic acids is 1.